The van der Waals surface area contributed by atoms with E-state index in [9.17, 15) is 9.18 Å². The Hall–Kier alpha value is -2.20. The lowest BCUT2D eigenvalue weighted by atomic mass is 9.81. The summed E-state index contributed by atoms with van der Waals surface area (Å²) < 4.78 is 13.8. The molecule has 2 heterocycles. The molecule has 0 radical (unpaired) electrons. The lowest BCUT2D eigenvalue weighted by Crippen LogP contribution is -2.51. The van der Waals surface area contributed by atoms with Crippen molar-refractivity contribution < 1.29 is 9.18 Å². The molecule has 0 aliphatic carbocycles. The third-order valence-electron chi connectivity index (χ3n) is 6.56. The van der Waals surface area contributed by atoms with Gasteiger partial charge in [-0.25, -0.2) is 4.39 Å². The van der Waals surface area contributed by atoms with Crippen LogP contribution in [-0.2, 0) is 11.3 Å². The number of likely N-dealkylation sites (tertiary alicyclic amines) is 2. The number of hydrogen-bond acceptors (Lipinski definition) is 2. The fourth-order valence-electron chi connectivity index (χ4n) is 4.68. The van der Waals surface area contributed by atoms with Gasteiger partial charge in [-0.15, -0.1) is 0 Å². The average molecular weight is 366 g/mol. The first-order chi connectivity index (χ1) is 13.0. The fraction of sp³-hybridized carbons (Fsp3) is 0.435. The van der Waals surface area contributed by atoms with E-state index in [4.69, 9.17) is 0 Å². The van der Waals surface area contributed by atoms with E-state index in [1.54, 1.807) is 13.0 Å². The Morgan fingerprint density at radius 3 is 2.48 bits per heavy atom. The second-order valence-corrected chi connectivity index (χ2v) is 8.15. The summed E-state index contributed by atoms with van der Waals surface area (Å²) in [6.45, 7) is 4.44. The molecule has 2 aliphatic rings. The molecule has 2 aromatic carbocycles. The quantitative estimate of drug-likeness (QED) is 0.816. The predicted octanol–water partition coefficient (Wildman–Crippen LogP) is 4.11. The first-order valence-electron chi connectivity index (χ1n) is 9.78. The van der Waals surface area contributed by atoms with E-state index < -0.39 is 0 Å². The zero-order chi connectivity index (χ0) is 19.0. The third-order valence-corrected chi connectivity index (χ3v) is 6.56. The van der Waals surface area contributed by atoms with Gasteiger partial charge in [0.25, 0.3) is 0 Å². The zero-order valence-corrected chi connectivity index (χ0v) is 16.1. The molecule has 142 valence electrons. The maximum absolute atomic E-state index is 13.8. The van der Waals surface area contributed by atoms with Gasteiger partial charge in [-0.3, -0.25) is 9.69 Å². The molecule has 0 saturated carbocycles. The van der Waals surface area contributed by atoms with Gasteiger partial charge >= 0.3 is 0 Å². The van der Waals surface area contributed by atoms with Crippen molar-refractivity contribution in [3.05, 3.63) is 71.0 Å². The predicted molar refractivity (Wildman–Crippen MR) is 105 cm³/mol. The molecule has 2 aromatic rings. The molecule has 4 heteroatoms. The molecule has 1 spiro atoms. The number of nitrogens with zero attached hydrogens (tertiary/aromatic N) is 2. The third kappa shape index (κ3) is 3.39. The van der Waals surface area contributed by atoms with Gasteiger partial charge in [0.2, 0.25) is 5.91 Å². The Balaban J connectivity index is 1.43. The van der Waals surface area contributed by atoms with Crippen LogP contribution in [0.5, 0.6) is 0 Å². The van der Waals surface area contributed by atoms with Crippen LogP contribution in [0.2, 0.25) is 0 Å². The van der Waals surface area contributed by atoms with Crippen LogP contribution in [-0.4, -0.2) is 41.4 Å². The van der Waals surface area contributed by atoms with Gasteiger partial charge in [-0.1, -0.05) is 42.5 Å². The number of carbonyl (C=O) groups excluding carboxylic acids is 1. The molecule has 2 fully saturated rings. The van der Waals surface area contributed by atoms with Crippen LogP contribution in [0.1, 0.15) is 41.9 Å². The minimum atomic E-state index is -0.132. The van der Waals surface area contributed by atoms with Crippen molar-refractivity contribution in [1.29, 1.82) is 0 Å². The van der Waals surface area contributed by atoms with E-state index in [0.717, 1.165) is 50.0 Å². The minimum absolute atomic E-state index is 0.0195. The van der Waals surface area contributed by atoms with Gasteiger partial charge in [0, 0.05) is 32.2 Å². The topological polar surface area (TPSA) is 23.6 Å². The van der Waals surface area contributed by atoms with E-state index in [2.05, 4.69) is 17.0 Å². The van der Waals surface area contributed by atoms with Crippen LogP contribution >= 0.6 is 0 Å². The number of aryl methyl sites for hydroxylation is 1. The standard InChI is InChI=1S/C23H27FN2O/c1-17-8-9-18(14-21(17)24)16-26-12-10-23(11-13-26)15-20(22(27)25(23)2)19-6-4-3-5-7-19/h3-9,14,20H,10-13,15-16H2,1-2H3/t20-/m0/s1. The summed E-state index contributed by atoms with van der Waals surface area (Å²) in [5.41, 5.74) is 2.80. The fourth-order valence-corrected chi connectivity index (χ4v) is 4.68. The average Bonchev–Trinajstić information content (AvgIpc) is 2.93. The summed E-state index contributed by atoms with van der Waals surface area (Å²) in [4.78, 5) is 17.3. The Morgan fingerprint density at radius 2 is 1.81 bits per heavy atom. The molecule has 4 rings (SSSR count). The summed E-state index contributed by atoms with van der Waals surface area (Å²) in [5.74, 6) is 0.0944. The lowest BCUT2D eigenvalue weighted by Gasteiger charge is -2.43. The van der Waals surface area contributed by atoms with Gasteiger partial charge in [0.1, 0.15) is 5.82 Å². The molecule has 0 bridgehead atoms. The van der Waals surface area contributed by atoms with E-state index >= 15 is 0 Å². The molecule has 0 aromatic heterocycles. The van der Waals surface area contributed by atoms with Crippen LogP contribution in [0.15, 0.2) is 48.5 Å². The molecule has 27 heavy (non-hydrogen) atoms. The lowest BCUT2D eigenvalue weighted by molar-refractivity contribution is -0.131. The number of rotatable bonds is 3. The van der Waals surface area contributed by atoms with Crippen LogP contribution in [0.25, 0.3) is 0 Å². The second-order valence-electron chi connectivity index (χ2n) is 8.15. The molecule has 0 N–H and O–H groups in total. The number of halogens is 1. The van der Waals surface area contributed by atoms with E-state index in [1.807, 2.05) is 42.3 Å². The highest BCUT2D eigenvalue weighted by molar-refractivity contribution is 5.87. The highest BCUT2D eigenvalue weighted by Crippen LogP contribution is 2.44. The van der Waals surface area contributed by atoms with Crippen LogP contribution in [0.3, 0.4) is 0 Å². The molecule has 2 saturated heterocycles. The van der Waals surface area contributed by atoms with Crippen LogP contribution < -0.4 is 0 Å². The van der Waals surface area contributed by atoms with Crippen molar-refractivity contribution >= 4 is 5.91 Å². The largest absolute Gasteiger partial charge is 0.339 e. The van der Waals surface area contributed by atoms with Gasteiger partial charge in [0.15, 0.2) is 0 Å². The number of likely N-dealkylation sites (N-methyl/N-ethyl adjacent to an activating group) is 1. The summed E-state index contributed by atoms with van der Waals surface area (Å²) >= 11 is 0. The van der Waals surface area contributed by atoms with E-state index in [0.29, 0.717) is 5.56 Å². The van der Waals surface area contributed by atoms with Crippen molar-refractivity contribution in [2.24, 2.45) is 0 Å². The smallest absolute Gasteiger partial charge is 0.230 e. The van der Waals surface area contributed by atoms with Crippen molar-refractivity contribution in [2.45, 2.75) is 44.2 Å². The summed E-state index contributed by atoms with van der Waals surface area (Å²) in [5, 5.41) is 0. The summed E-state index contributed by atoms with van der Waals surface area (Å²) in [6, 6.07) is 15.7. The molecular formula is C23H27FN2O. The Kier molecular flexibility index (Phi) is 4.77. The van der Waals surface area contributed by atoms with E-state index in [1.165, 1.54) is 0 Å². The molecule has 1 amide bonds. The molecule has 3 nitrogen and oxygen atoms in total. The van der Waals surface area contributed by atoms with Gasteiger partial charge in [0.05, 0.1) is 5.92 Å². The summed E-state index contributed by atoms with van der Waals surface area (Å²) in [7, 11) is 1.97. The zero-order valence-electron chi connectivity index (χ0n) is 16.1. The van der Waals surface area contributed by atoms with Crippen molar-refractivity contribution in [1.82, 2.24) is 9.80 Å². The Morgan fingerprint density at radius 1 is 1.11 bits per heavy atom. The van der Waals surface area contributed by atoms with Gasteiger partial charge in [-0.05, 0) is 48.9 Å². The van der Waals surface area contributed by atoms with Crippen molar-refractivity contribution in [2.75, 3.05) is 20.1 Å². The maximum Gasteiger partial charge on any atom is 0.230 e. The number of amides is 1. The number of benzene rings is 2. The highest BCUT2D eigenvalue weighted by Gasteiger charge is 2.50. The van der Waals surface area contributed by atoms with Gasteiger partial charge in [-0.2, -0.15) is 0 Å². The molecule has 2 aliphatic heterocycles. The SMILES string of the molecule is Cc1ccc(CN2CCC3(CC2)C[C@@H](c2ccccc2)C(=O)N3C)cc1F. The number of piperidine rings is 1. The van der Waals surface area contributed by atoms with Crippen molar-refractivity contribution in [3.8, 4) is 0 Å². The van der Waals surface area contributed by atoms with E-state index in [-0.39, 0.29) is 23.2 Å². The molecule has 0 unspecified atom stereocenters. The summed E-state index contributed by atoms with van der Waals surface area (Å²) in [6.07, 6.45) is 2.86. The van der Waals surface area contributed by atoms with Gasteiger partial charge < -0.3 is 4.90 Å². The van der Waals surface area contributed by atoms with Crippen LogP contribution in [0, 0.1) is 12.7 Å². The first-order valence-corrected chi connectivity index (χ1v) is 9.78. The monoisotopic (exact) mass is 366 g/mol. The number of carbonyl (C=O) groups is 1. The Labute approximate surface area is 160 Å². The normalized spacial score (nSPS) is 22.6. The highest BCUT2D eigenvalue weighted by atomic mass is 19.1. The molecular weight excluding hydrogens is 339 g/mol. The van der Waals surface area contributed by atoms with Crippen LogP contribution in [0.4, 0.5) is 4.39 Å². The Bertz CT molecular complexity index is 828. The molecule has 1 atom stereocenters. The second kappa shape index (κ2) is 7.08. The maximum atomic E-state index is 13.8. The van der Waals surface area contributed by atoms with Crippen molar-refractivity contribution in [3.63, 3.8) is 0 Å². The first kappa shape index (κ1) is 18.2. The number of hydrogen-bond donors (Lipinski definition) is 0. The minimum Gasteiger partial charge on any atom is -0.339 e.